The predicted octanol–water partition coefficient (Wildman–Crippen LogP) is 3.84. The van der Waals surface area contributed by atoms with E-state index in [1.54, 1.807) is 6.92 Å². The summed E-state index contributed by atoms with van der Waals surface area (Å²) < 4.78 is 0. The maximum Gasteiger partial charge on any atom is 0.108 e. The van der Waals surface area contributed by atoms with E-state index in [0.29, 0.717) is 11.3 Å². The van der Waals surface area contributed by atoms with Crippen LogP contribution in [-0.4, -0.2) is 0 Å². The molecule has 0 saturated carbocycles. The molecule has 0 saturated heterocycles. The zero-order valence-corrected chi connectivity index (χ0v) is 11.7. The zero-order chi connectivity index (χ0) is 14.8. The number of nitriles is 1. The lowest BCUT2D eigenvalue weighted by Gasteiger charge is -2.06. The van der Waals surface area contributed by atoms with Gasteiger partial charge in [-0.05, 0) is 41.7 Å². The van der Waals surface area contributed by atoms with E-state index in [4.69, 9.17) is 11.1 Å². The summed E-state index contributed by atoms with van der Waals surface area (Å²) in [5.74, 6) is 5.16. The first-order chi connectivity index (χ1) is 10.2. The molecule has 0 radical (unpaired) electrons. The second-order valence-electron chi connectivity index (χ2n) is 5.01. The molecule has 3 rings (SSSR count). The smallest absolute Gasteiger partial charge is 0.108 e. The largest absolute Gasteiger partial charge is 0.305 e. The van der Waals surface area contributed by atoms with Gasteiger partial charge in [-0.1, -0.05) is 41.6 Å². The maximum atomic E-state index is 9.08. The van der Waals surface area contributed by atoms with Gasteiger partial charge in [0.25, 0.3) is 0 Å². The Morgan fingerprint density at radius 3 is 2.67 bits per heavy atom. The van der Waals surface area contributed by atoms with Crippen LogP contribution >= 0.6 is 0 Å². The molecule has 0 amide bonds. The summed E-state index contributed by atoms with van der Waals surface area (Å²) in [6.07, 6.45) is 0.901. The van der Waals surface area contributed by atoms with E-state index >= 15 is 0 Å². The van der Waals surface area contributed by atoms with Crippen LogP contribution in [0.4, 0.5) is 0 Å². The molecule has 4 heteroatoms. The van der Waals surface area contributed by atoms with Crippen molar-refractivity contribution in [3.05, 3.63) is 64.7 Å². The van der Waals surface area contributed by atoms with Crippen molar-refractivity contribution in [3.8, 4) is 17.2 Å². The molecule has 0 fully saturated rings. The summed E-state index contributed by atoms with van der Waals surface area (Å²) >= 11 is 0. The number of rotatable bonds is 2. The first-order valence-corrected chi connectivity index (χ1v) is 6.68. The second kappa shape index (κ2) is 5.22. The molecule has 0 atom stereocenters. The quantitative estimate of drug-likeness (QED) is 0.333. The summed E-state index contributed by atoms with van der Waals surface area (Å²) in [6, 6.07) is 16.6. The van der Waals surface area contributed by atoms with Crippen LogP contribution in [0.1, 0.15) is 23.6 Å². The van der Waals surface area contributed by atoms with Crippen LogP contribution in [0, 0.1) is 11.3 Å². The van der Waals surface area contributed by atoms with Gasteiger partial charge in [0.1, 0.15) is 5.70 Å². The molecule has 102 valence electrons. The third-order valence-corrected chi connectivity index (χ3v) is 3.75. The van der Waals surface area contributed by atoms with Gasteiger partial charge in [-0.15, -0.1) is 5.11 Å². The van der Waals surface area contributed by atoms with Gasteiger partial charge in [0, 0.05) is 5.56 Å². The van der Waals surface area contributed by atoms with Crippen molar-refractivity contribution in [1.82, 2.24) is 0 Å². The minimum atomic E-state index is 0.500. The first kappa shape index (κ1) is 13.1. The van der Waals surface area contributed by atoms with Crippen molar-refractivity contribution in [1.29, 1.82) is 5.26 Å². The Bertz CT molecular complexity index is 810. The van der Waals surface area contributed by atoms with Crippen molar-refractivity contribution in [2.75, 3.05) is 0 Å². The molecule has 1 aliphatic carbocycles. The van der Waals surface area contributed by atoms with Crippen LogP contribution in [0.25, 0.3) is 16.8 Å². The van der Waals surface area contributed by atoms with Gasteiger partial charge in [-0.2, -0.15) is 5.26 Å². The van der Waals surface area contributed by atoms with Crippen molar-refractivity contribution in [3.63, 3.8) is 0 Å². The topological polar surface area (TPSA) is 74.5 Å². The molecule has 0 heterocycles. The number of benzene rings is 2. The van der Waals surface area contributed by atoms with E-state index in [-0.39, 0.29) is 0 Å². The van der Waals surface area contributed by atoms with E-state index in [2.05, 4.69) is 52.8 Å². The molecule has 0 aromatic heterocycles. The van der Waals surface area contributed by atoms with Crippen LogP contribution in [0.5, 0.6) is 0 Å². The number of allylic oxidation sites excluding steroid dienone is 1. The maximum absolute atomic E-state index is 9.08. The van der Waals surface area contributed by atoms with Gasteiger partial charge >= 0.3 is 0 Å². The molecule has 1 aliphatic rings. The van der Waals surface area contributed by atoms with Crippen molar-refractivity contribution >= 4 is 5.70 Å². The van der Waals surface area contributed by atoms with Gasteiger partial charge in [0.2, 0.25) is 0 Å². The minimum absolute atomic E-state index is 0.500. The van der Waals surface area contributed by atoms with Crippen LogP contribution in [-0.2, 0) is 6.42 Å². The summed E-state index contributed by atoms with van der Waals surface area (Å²) in [7, 11) is 0. The monoisotopic (exact) mass is 274 g/mol. The van der Waals surface area contributed by atoms with E-state index in [1.807, 2.05) is 6.07 Å². The molecule has 0 unspecified atom stereocenters. The molecule has 21 heavy (non-hydrogen) atoms. The predicted molar refractivity (Wildman–Crippen MR) is 81.9 cm³/mol. The summed E-state index contributed by atoms with van der Waals surface area (Å²) in [5, 5.41) is 16.3. The number of hydrogen-bond donors (Lipinski definition) is 1. The van der Waals surface area contributed by atoms with Crippen molar-refractivity contribution in [2.45, 2.75) is 13.3 Å². The Morgan fingerprint density at radius 1 is 1.14 bits per heavy atom. The lowest BCUT2D eigenvalue weighted by molar-refractivity contribution is 1.06. The zero-order valence-electron chi connectivity index (χ0n) is 11.7. The van der Waals surface area contributed by atoms with Gasteiger partial charge < -0.3 is 5.84 Å². The van der Waals surface area contributed by atoms with Crippen LogP contribution < -0.4 is 5.84 Å². The Hall–Kier alpha value is -2.93. The van der Waals surface area contributed by atoms with Crippen molar-refractivity contribution < 1.29 is 0 Å². The number of hydrogen-bond acceptors (Lipinski definition) is 3. The van der Waals surface area contributed by atoms with Gasteiger partial charge in [0.05, 0.1) is 11.6 Å². The fourth-order valence-electron chi connectivity index (χ4n) is 2.75. The minimum Gasteiger partial charge on any atom is -0.305 e. The van der Waals surface area contributed by atoms with E-state index < -0.39 is 0 Å². The van der Waals surface area contributed by atoms with Gasteiger partial charge in [-0.3, -0.25) is 0 Å². The molecule has 0 spiro atoms. The van der Waals surface area contributed by atoms with Gasteiger partial charge in [-0.25, -0.2) is 0 Å². The van der Waals surface area contributed by atoms with Crippen LogP contribution in [0.3, 0.4) is 0 Å². The third kappa shape index (κ3) is 2.19. The Kier molecular flexibility index (Phi) is 3.25. The lowest BCUT2D eigenvalue weighted by atomic mass is 10.0. The van der Waals surface area contributed by atoms with Crippen LogP contribution in [0.15, 0.2) is 58.4 Å². The number of fused-ring (bicyclic) bond motifs is 3. The fraction of sp³-hybridized carbons (Fsp3) is 0.118. The highest BCUT2D eigenvalue weighted by Crippen LogP contribution is 2.38. The molecule has 2 aromatic rings. The summed E-state index contributed by atoms with van der Waals surface area (Å²) in [5.41, 5.74) is 6.99. The second-order valence-corrected chi connectivity index (χ2v) is 5.01. The molecule has 0 bridgehead atoms. The average molecular weight is 274 g/mol. The summed E-state index contributed by atoms with van der Waals surface area (Å²) in [4.78, 5) is 0. The highest BCUT2D eigenvalue weighted by atomic mass is 15.3. The SMILES string of the molecule is C/C(C#N)=C(\N=NN)c1ccc2c(c1)Cc1ccccc1-2. The average Bonchev–Trinajstić information content (AvgIpc) is 2.89. The first-order valence-electron chi connectivity index (χ1n) is 6.68. The molecule has 2 N–H and O–H groups in total. The molecular formula is C17H14N4. The Morgan fingerprint density at radius 2 is 1.90 bits per heavy atom. The highest BCUT2D eigenvalue weighted by molar-refractivity contribution is 5.80. The van der Waals surface area contributed by atoms with Crippen LogP contribution in [0.2, 0.25) is 0 Å². The van der Waals surface area contributed by atoms with Crippen molar-refractivity contribution in [2.24, 2.45) is 16.2 Å². The molecule has 4 nitrogen and oxygen atoms in total. The Labute approximate surface area is 123 Å². The number of nitrogens with zero attached hydrogens (tertiary/aromatic N) is 3. The lowest BCUT2D eigenvalue weighted by Crippen LogP contribution is -1.90. The Balaban J connectivity index is 2.11. The highest BCUT2D eigenvalue weighted by Gasteiger charge is 2.19. The standard InChI is InChI=1S/C17H14N4/c1-11(10-18)17(20-21-19)13-6-7-16-14(9-13)8-12-4-2-3-5-15(12)16/h2-7,9H,8H2,1H3,(H2,19,20)/b17-11+. The van der Waals surface area contributed by atoms with E-state index in [9.17, 15) is 0 Å². The van der Waals surface area contributed by atoms with Gasteiger partial charge in [0.15, 0.2) is 0 Å². The normalized spacial score (nSPS) is 13.5. The van der Waals surface area contributed by atoms with E-state index in [1.165, 1.54) is 22.3 Å². The van der Waals surface area contributed by atoms with E-state index in [0.717, 1.165) is 12.0 Å². The third-order valence-electron chi connectivity index (χ3n) is 3.75. The number of nitrogens with two attached hydrogens (primary N) is 1. The fourth-order valence-corrected chi connectivity index (χ4v) is 2.75. The molecular weight excluding hydrogens is 260 g/mol. The molecule has 2 aromatic carbocycles. The summed E-state index contributed by atoms with van der Waals surface area (Å²) in [6.45, 7) is 1.71. The molecule has 0 aliphatic heterocycles.